The van der Waals surface area contributed by atoms with Gasteiger partial charge in [0, 0.05) is 38.9 Å². The first-order valence-corrected chi connectivity index (χ1v) is 12.9. The van der Waals surface area contributed by atoms with Crippen LogP contribution < -0.4 is 5.32 Å². The van der Waals surface area contributed by atoms with Gasteiger partial charge in [-0.2, -0.15) is 5.10 Å². The molecule has 9 heteroatoms. The summed E-state index contributed by atoms with van der Waals surface area (Å²) in [7, 11) is 0. The molecule has 3 N–H and O–H groups in total. The van der Waals surface area contributed by atoms with E-state index >= 15 is 0 Å². The molecule has 0 spiro atoms. The number of imidazole rings is 1. The van der Waals surface area contributed by atoms with Crippen LogP contribution in [0.2, 0.25) is 0 Å². The van der Waals surface area contributed by atoms with Gasteiger partial charge in [-0.1, -0.05) is 26.0 Å². The molecule has 5 heterocycles. The van der Waals surface area contributed by atoms with Gasteiger partial charge in [0.2, 0.25) is 5.91 Å². The fourth-order valence-corrected chi connectivity index (χ4v) is 5.30. The molecule has 8 nitrogen and oxygen atoms in total. The van der Waals surface area contributed by atoms with Crippen LogP contribution >= 0.6 is 11.3 Å². The van der Waals surface area contributed by atoms with Crippen molar-refractivity contribution in [3.05, 3.63) is 65.9 Å². The number of benzene rings is 1. The van der Waals surface area contributed by atoms with Crippen molar-refractivity contribution in [1.29, 1.82) is 0 Å². The van der Waals surface area contributed by atoms with E-state index in [1.165, 1.54) is 9.75 Å². The highest BCUT2D eigenvalue weighted by Crippen LogP contribution is 2.35. The molecule has 0 fully saturated rings. The lowest BCUT2D eigenvalue weighted by atomic mass is 10.1. The number of carbonyl (C=O) groups excluding carboxylic acids is 1. The van der Waals surface area contributed by atoms with E-state index in [-0.39, 0.29) is 11.8 Å². The Hall–Kier alpha value is -4.37. The molecular weight excluding hydrogens is 482 g/mol. The van der Waals surface area contributed by atoms with Crippen molar-refractivity contribution in [2.24, 2.45) is 5.92 Å². The summed E-state index contributed by atoms with van der Waals surface area (Å²) >= 11 is 1.76. The SMILES string of the molecule is Cc1ccc(-c2cccc3[nH]c(-c4n[nH]c5cnc(-c6cncc(NC(=O)CC(C)C)c6)cc45)nc23)s1. The van der Waals surface area contributed by atoms with E-state index < -0.39 is 0 Å². The molecule has 6 rings (SSSR count). The molecule has 1 amide bonds. The van der Waals surface area contributed by atoms with Crippen molar-refractivity contribution in [3.8, 4) is 33.2 Å². The van der Waals surface area contributed by atoms with Crippen LogP contribution in [0.15, 0.2) is 61.1 Å². The molecule has 0 aliphatic carbocycles. The number of hydrogen-bond donors (Lipinski definition) is 3. The zero-order valence-electron chi connectivity index (χ0n) is 20.7. The molecule has 0 unspecified atom stereocenters. The third-order valence-electron chi connectivity index (χ3n) is 6.10. The van der Waals surface area contributed by atoms with Gasteiger partial charge in [0.1, 0.15) is 5.69 Å². The number of carbonyl (C=O) groups is 1. The number of H-pyrrole nitrogens is 2. The molecule has 184 valence electrons. The second kappa shape index (κ2) is 9.25. The second-order valence-electron chi connectivity index (χ2n) is 9.49. The summed E-state index contributed by atoms with van der Waals surface area (Å²) in [6.07, 6.45) is 5.60. The lowest BCUT2D eigenvalue weighted by Crippen LogP contribution is -2.13. The number of para-hydroxylation sites is 1. The lowest BCUT2D eigenvalue weighted by molar-refractivity contribution is -0.116. The van der Waals surface area contributed by atoms with E-state index in [0.29, 0.717) is 17.9 Å². The maximum atomic E-state index is 12.2. The van der Waals surface area contributed by atoms with Gasteiger partial charge in [0.15, 0.2) is 5.82 Å². The highest BCUT2D eigenvalue weighted by Gasteiger charge is 2.17. The average molecular weight is 508 g/mol. The highest BCUT2D eigenvalue weighted by atomic mass is 32.1. The minimum absolute atomic E-state index is 0.0311. The van der Waals surface area contributed by atoms with Gasteiger partial charge in [-0.15, -0.1) is 11.3 Å². The molecule has 0 atom stereocenters. The summed E-state index contributed by atoms with van der Waals surface area (Å²) in [5.41, 5.74) is 6.68. The van der Waals surface area contributed by atoms with Crippen LogP contribution in [0.25, 0.3) is 55.2 Å². The van der Waals surface area contributed by atoms with E-state index in [1.807, 2.05) is 38.1 Å². The Morgan fingerprint density at radius 2 is 1.97 bits per heavy atom. The number of aromatic amines is 2. The first kappa shape index (κ1) is 23.1. The van der Waals surface area contributed by atoms with Crippen molar-refractivity contribution >= 4 is 44.9 Å². The first-order chi connectivity index (χ1) is 17.9. The Balaban J connectivity index is 1.38. The molecule has 37 heavy (non-hydrogen) atoms. The third-order valence-corrected chi connectivity index (χ3v) is 7.14. The van der Waals surface area contributed by atoms with Gasteiger partial charge < -0.3 is 10.3 Å². The molecule has 0 radical (unpaired) electrons. The zero-order valence-corrected chi connectivity index (χ0v) is 21.5. The van der Waals surface area contributed by atoms with Gasteiger partial charge in [-0.3, -0.25) is 19.9 Å². The summed E-state index contributed by atoms with van der Waals surface area (Å²) in [6, 6.07) is 14.3. The second-order valence-corrected chi connectivity index (χ2v) is 10.8. The zero-order chi connectivity index (χ0) is 25.5. The average Bonchev–Trinajstić information content (AvgIpc) is 3.60. The molecule has 0 aliphatic heterocycles. The van der Waals surface area contributed by atoms with Gasteiger partial charge in [-0.25, -0.2) is 4.98 Å². The van der Waals surface area contributed by atoms with E-state index in [1.54, 1.807) is 29.9 Å². The van der Waals surface area contributed by atoms with Crippen LogP contribution in [0, 0.1) is 12.8 Å². The predicted molar refractivity (Wildman–Crippen MR) is 148 cm³/mol. The van der Waals surface area contributed by atoms with Crippen molar-refractivity contribution in [3.63, 3.8) is 0 Å². The smallest absolute Gasteiger partial charge is 0.224 e. The standard InChI is InChI=1S/C28H25N7OS/c1-15(2)9-25(36)31-18-10-17(12-29-13-18)22-11-20-23(14-30-22)34-35-27(20)28-32-21-6-4-5-19(26(21)33-28)24-8-7-16(3)37-24/h4-8,10-15H,9H2,1-3H3,(H,31,36)(H,32,33)(H,34,35). The van der Waals surface area contributed by atoms with Crippen molar-refractivity contribution in [2.75, 3.05) is 5.32 Å². The number of anilines is 1. The van der Waals surface area contributed by atoms with Crippen LogP contribution in [0.4, 0.5) is 5.69 Å². The largest absolute Gasteiger partial charge is 0.337 e. The number of amides is 1. The van der Waals surface area contributed by atoms with Crippen LogP contribution in [-0.4, -0.2) is 36.0 Å². The summed E-state index contributed by atoms with van der Waals surface area (Å²) in [6.45, 7) is 6.14. The third kappa shape index (κ3) is 4.49. The van der Waals surface area contributed by atoms with Crippen molar-refractivity contribution < 1.29 is 4.79 Å². The number of aryl methyl sites for hydroxylation is 1. The Bertz CT molecular complexity index is 1760. The summed E-state index contributed by atoms with van der Waals surface area (Å²) < 4.78 is 0. The van der Waals surface area contributed by atoms with E-state index in [2.05, 4.69) is 55.6 Å². The van der Waals surface area contributed by atoms with Crippen LogP contribution in [-0.2, 0) is 4.79 Å². The van der Waals surface area contributed by atoms with E-state index in [0.717, 1.165) is 44.5 Å². The molecule has 0 saturated carbocycles. The fourth-order valence-electron chi connectivity index (χ4n) is 4.41. The van der Waals surface area contributed by atoms with Gasteiger partial charge in [0.25, 0.3) is 0 Å². The number of nitrogens with zero attached hydrogens (tertiary/aromatic N) is 4. The van der Waals surface area contributed by atoms with Crippen molar-refractivity contribution in [2.45, 2.75) is 27.2 Å². The molecule has 6 aromatic rings. The lowest BCUT2D eigenvalue weighted by Gasteiger charge is -2.08. The van der Waals surface area contributed by atoms with Crippen LogP contribution in [0.3, 0.4) is 0 Å². The molecule has 0 aliphatic rings. The van der Waals surface area contributed by atoms with Gasteiger partial charge >= 0.3 is 0 Å². The molecule has 0 bridgehead atoms. The maximum Gasteiger partial charge on any atom is 0.224 e. The molecular formula is C28H25N7OS. The minimum Gasteiger partial charge on any atom is -0.337 e. The van der Waals surface area contributed by atoms with E-state index in [9.17, 15) is 4.79 Å². The van der Waals surface area contributed by atoms with E-state index in [4.69, 9.17) is 4.98 Å². The topological polar surface area (TPSA) is 112 Å². The minimum atomic E-state index is -0.0311. The molecule has 0 saturated heterocycles. The number of hydrogen-bond acceptors (Lipinski definition) is 6. The molecule has 1 aromatic carbocycles. The number of thiophene rings is 1. The molecule has 5 aromatic heterocycles. The number of rotatable bonds is 6. The highest BCUT2D eigenvalue weighted by molar-refractivity contribution is 7.15. The monoisotopic (exact) mass is 507 g/mol. The number of nitrogens with one attached hydrogen (secondary N) is 3. The van der Waals surface area contributed by atoms with Crippen LogP contribution in [0.5, 0.6) is 0 Å². The van der Waals surface area contributed by atoms with Gasteiger partial charge in [-0.05, 0) is 43.2 Å². The Kier molecular flexibility index (Phi) is 5.77. The van der Waals surface area contributed by atoms with Crippen molar-refractivity contribution in [1.82, 2.24) is 30.1 Å². The Morgan fingerprint density at radius 3 is 2.78 bits per heavy atom. The number of aromatic nitrogens is 6. The van der Waals surface area contributed by atoms with Crippen LogP contribution in [0.1, 0.15) is 25.1 Å². The predicted octanol–water partition coefficient (Wildman–Crippen LogP) is 6.58. The number of fused-ring (bicyclic) bond motifs is 2. The maximum absolute atomic E-state index is 12.2. The summed E-state index contributed by atoms with van der Waals surface area (Å²) in [4.78, 5) is 32.0. The van der Waals surface area contributed by atoms with Gasteiger partial charge in [0.05, 0.1) is 40.3 Å². The quantitative estimate of drug-likeness (QED) is 0.236. The Labute approximate surface area is 217 Å². The fraction of sp³-hybridized carbons (Fsp3) is 0.179. The first-order valence-electron chi connectivity index (χ1n) is 12.1. The Morgan fingerprint density at radius 1 is 1.08 bits per heavy atom. The number of pyridine rings is 2. The normalized spacial score (nSPS) is 11.6. The summed E-state index contributed by atoms with van der Waals surface area (Å²) in [5, 5.41) is 11.5. The summed E-state index contributed by atoms with van der Waals surface area (Å²) in [5.74, 6) is 0.937.